The molecule has 33 heavy (non-hydrogen) atoms. The van der Waals surface area contributed by atoms with Gasteiger partial charge in [0, 0.05) is 22.7 Å². The van der Waals surface area contributed by atoms with Gasteiger partial charge in [-0.1, -0.05) is 36.4 Å². The molecule has 2 heterocycles. The largest absolute Gasteiger partial charge is 0.508 e. The van der Waals surface area contributed by atoms with Crippen molar-refractivity contribution in [2.24, 2.45) is 0 Å². The molecule has 0 aliphatic carbocycles. The summed E-state index contributed by atoms with van der Waals surface area (Å²) in [5, 5.41) is 19.8. The monoisotopic (exact) mass is 457 g/mol. The topological polar surface area (TPSA) is 70.0 Å². The summed E-state index contributed by atoms with van der Waals surface area (Å²) in [6.07, 6.45) is 3.91. The highest BCUT2D eigenvalue weighted by atomic mass is 32.1. The number of thiophene rings is 1. The number of phenols is 1. The third-order valence-corrected chi connectivity index (χ3v) is 6.92. The third kappa shape index (κ3) is 4.62. The van der Waals surface area contributed by atoms with Crippen LogP contribution >= 0.6 is 11.3 Å². The summed E-state index contributed by atoms with van der Waals surface area (Å²) in [6, 6.07) is 21.1. The Morgan fingerprint density at radius 3 is 2.58 bits per heavy atom. The molecule has 0 saturated carbocycles. The summed E-state index contributed by atoms with van der Waals surface area (Å²) >= 11 is 1.61. The van der Waals surface area contributed by atoms with Gasteiger partial charge in [0.2, 0.25) is 0 Å². The van der Waals surface area contributed by atoms with E-state index in [4.69, 9.17) is 9.84 Å². The second-order valence-corrected chi connectivity index (χ2v) is 9.12. The van der Waals surface area contributed by atoms with Crippen LogP contribution in [0.3, 0.4) is 0 Å². The zero-order valence-electron chi connectivity index (χ0n) is 17.9. The molecule has 5 rings (SSSR count). The van der Waals surface area contributed by atoms with Crippen molar-refractivity contribution in [3.63, 3.8) is 0 Å². The maximum absolute atomic E-state index is 10.8. The van der Waals surface area contributed by atoms with Gasteiger partial charge in [-0.15, -0.1) is 11.3 Å². The molecule has 1 fully saturated rings. The summed E-state index contributed by atoms with van der Waals surface area (Å²) in [5.74, 6) is 0.673. The van der Waals surface area contributed by atoms with E-state index >= 15 is 0 Å². The highest BCUT2D eigenvalue weighted by Gasteiger charge is 2.21. The number of hydrogen-bond acceptors (Lipinski definition) is 5. The molecule has 0 unspecified atom stereocenters. The normalized spacial score (nSPS) is 13.9. The number of aliphatic carboxylic acids is 1. The quantitative estimate of drug-likeness (QED) is 0.316. The van der Waals surface area contributed by atoms with Crippen molar-refractivity contribution >= 4 is 33.5 Å². The maximum Gasteiger partial charge on any atom is 0.328 e. The Hall–Kier alpha value is -3.61. The molecule has 0 amide bonds. The molecule has 2 N–H and O–H groups in total. The van der Waals surface area contributed by atoms with E-state index in [0.717, 1.165) is 57.5 Å². The first-order valence-corrected chi connectivity index (χ1v) is 11.6. The standard InChI is InChI=1S/C27H23NO4S/c29-20-9-12-23-24(16-20)33-27(22-5-2-1-4-19(22)17-28-14-3-15-28)26(23)32-21-10-6-18(7-11-21)8-13-25(30)31/h1-2,4-13,16,29H,3,14-15,17H2,(H,30,31). The average molecular weight is 458 g/mol. The molecule has 3 aromatic carbocycles. The van der Waals surface area contributed by atoms with Gasteiger partial charge in [-0.05, 0) is 72.6 Å². The highest BCUT2D eigenvalue weighted by molar-refractivity contribution is 7.22. The number of benzene rings is 3. The van der Waals surface area contributed by atoms with Crippen molar-refractivity contribution in [2.75, 3.05) is 13.1 Å². The fraction of sp³-hybridized carbons (Fsp3) is 0.148. The molecular formula is C27H23NO4S. The smallest absolute Gasteiger partial charge is 0.328 e. The Kier molecular flexibility index (Phi) is 5.86. The average Bonchev–Trinajstić information content (AvgIpc) is 3.13. The lowest BCUT2D eigenvalue weighted by Gasteiger charge is -2.31. The summed E-state index contributed by atoms with van der Waals surface area (Å²) in [6.45, 7) is 3.15. The number of nitrogens with zero attached hydrogens (tertiary/aromatic N) is 1. The number of fused-ring (bicyclic) bond motifs is 1. The molecule has 4 aromatic rings. The first-order valence-electron chi connectivity index (χ1n) is 10.8. The minimum absolute atomic E-state index is 0.227. The predicted molar refractivity (Wildman–Crippen MR) is 132 cm³/mol. The molecule has 0 atom stereocenters. The Labute approximate surface area is 195 Å². The number of carbonyl (C=O) groups is 1. The summed E-state index contributed by atoms with van der Waals surface area (Å²) in [4.78, 5) is 14.2. The van der Waals surface area contributed by atoms with Crippen LogP contribution in [0.1, 0.15) is 17.5 Å². The van der Waals surface area contributed by atoms with Gasteiger partial charge in [0.25, 0.3) is 0 Å². The predicted octanol–water partition coefficient (Wildman–Crippen LogP) is 6.37. The van der Waals surface area contributed by atoms with E-state index in [1.165, 1.54) is 12.0 Å². The highest BCUT2D eigenvalue weighted by Crippen LogP contribution is 2.48. The first-order chi connectivity index (χ1) is 16.1. The molecule has 1 aliphatic rings. The van der Waals surface area contributed by atoms with Crippen molar-refractivity contribution < 1.29 is 19.7 Å². The molecule has 0 spiro atoms. The van der Waals surface area contributed by atoms with E-state index in [1.807, 2.05) is 36.4 Å². The Bertz CT molecular complexity index is 1340. The number of likely N-dealkylation sites (tertiary alicyclic amines) is 1. The number of rotatable bonds is 7. The summed E-state index contributed by atoms with van der Waals surface area (Å²) in [5.41, 5.74) is 3.18. The second kappa shape index (κ2) is 9.10. The maximum atomic E-state index is 10.8. The number of carboxylic acid groups (broad SMARTS) is 1. The number of hydrogen-bond donors (Lipinski definition) is 2. The van der Waals surface area contributed by atoms with Crippen LogP contribution in [-0.4, -0.2) is 34.2 Å². The molecule has 6 heteroatoms. The molecule has 166 valence electrons. The van der Waals surface area contributed by atoms with Crippen molar-refractivity contribution in [3.05, 3.63) is 83.9 Å². The van der Waals surface area contributed by atoms with Gasteiger partial charge in [0.15, 0.2) is 5.75 Å². The van der Waals surface area contributed by atoms with Crippen molar-refractivity contribution in [2.45, 2.75) is 13.0 Å². The fourth-order valence-corrected chi connectivity index (χ4v) is 5.16. The van der Waals surface area contributed by atoms with Crippen LogP contribution in [0, 0.1) is 0 Å². The van der Waals surface area contributed by atoms with E-state index in [0.29, 0.717) is 5.75 Å². The van der Waals surface area contributed by atoms with E-state index in [1.54, 1.807) is 29.5 Å². The van der Waals surface area contributed by atoms with Crippen LogP contribution in [0.4, 0.5) is 0 Å². The molecule has 1 aliphatic heterocycles. The lowest BCUT2D eigenvalue weighted by molar-refractivity contribution is -0.131. The van der Waals surface area contributed by atoms with Crippen molar-refractivity contribution in [3.8, 4) is 27.7 Å². The van der Waals surface area contributed by atoms with Gasteiger partial charge >= 0.3 is 5.97 Å². The molecule has 1 saturated heterocycles. The zero-order valence-corrected chi connectivity index (χ0v) is 18.7. The molecule has 0 radical (unpaired) electrons. The molecular weight excluding hydrogens is 434 g/mol. The van der Waals surface area contributed by atoms with Gasteiger partial charge in [-0.2, -0.15) is 0 Å². The van der Waals surface area contributed by atoms with Crippen molar-refractivity contribution in [1.29, 1.82) is 0 Å². The lowest BCUT2D eigenvalue weighted by Crippen LogP contribution is -2.36. The minimum atomic E-state index is -0.982. The van der Waals surface area contributed by atoms with Crippen LogP contribution in [0.25, 0.3) is 26.6 Å². The van der Waals surface area contributed by atoms with Crippen LogP contribution in [0.15, 0.2) is 72.8 Å². The van der Waals surface area contributed by atoms with Crippen molar-refractivity contribution in [1.82, 2.24) is 4.90 Å². The zero-order chi connectivity index (χ0) is 22.8. The number of ether oxygens (including phenoxy) is 1. The minimum Gasteiger partial charge on any atom is -0.508 e. The molecule has 0 bridgehead atoms. The van der Waals surface area contributed by atoms with Gasteiger partial charge in [0.1, 0.15) is 11.5 Å². The first kappa shape index (κ1) is 21.2. The lowest BCUT2D eigenvalue weighted by atomic mass is 10.0. The third-order valence-electron chi connectivity index (χ3n) is 5.75. The van der Waals surface area contributed by atoms with E-state index in [9.17, 15) is 9.90 Å². The molecule has 1 aromatic heterocycles. The summed E-state index contributed by atoms with van der Waals surface area (Å²) in [7, 11) is 0. The summed E-state index contributed by atoms with van der Waals surface area (Å²) < 4.78 is 7.37. The second-order valence-electron chi connectivity index (χ2n) is 8.07. The Balaban J connectivity index is 1.55. The van der Waals surface area contributed by atoms with E-state index in [2.05, 4.69) is 23.1 Å². The van der Waals surface area contributed by atoms with Gasteiger partial charge in [0.05, 0.1) is 4.88 Å². The molecule has 5 nitrogen and oxygen atoms in total. The van der Waals surface area contributed by atoms with Crippen LogP contribution < -0.4 is 4.74 Å². The Morgan fingerprint density at radius 1 is 1.06 bits per heavy atom. The number of phenolic OH excluding ortho intramolecular Hbond substituents is 1. The Morgan fingerprint density at radius 2 is 1.85 bits per heavy atom. The van der Waals surface area contributed by atoms with E-state index in [-0.39, 0.29) is 5.75 Å². The SMILES string of the molecule is O=C(O)C=Cc1ccc(Oc2c(-c3ccccc3CN3CCC3)sc3cc(O)ccc23)cc1. The van der Waals surface area contributed by atoms with Crippen LogP contribution in [0.5, 0.6) is 17.2 Å². The van der Waals surface area contributed by atoms with E-state index < -0.39 is 5.97 Å². The van der Waals surface area contributed by atoms with Crippen LogP contribution in [-0.2, 0) is 11.3 Å². The number of carboxylic acids is 1. The fourth-order valence-electron chi connectivity index (χ4n) is 3.93. The van der Waals surface area contributed by atoms with Gasteiger partial charge in [-0.25, -0.2) is 4.79 Å². The number of aromatic hydroxyl groups is 1. The van der Waals surface area contributed by atoms with Gasteiger partial charge < -0.3 is 14.9 Å². The van der Waals surface area contributed by atoms with Crippen LogP contribution in [0.2, 0.25) is 0 Å². The van der Waals surface area contributed by atoms with Gasteiger partial charge in [-0.3, -0.25) is 4.90 Å².